The molecule has 0 bridgehead atoms. The molecule has 0 aliphatic heterocycles. The zero-order valence-electron chi connectivity index (χ0n) is 15.6. The monoisotopic (exact) mass is 416 g/mol. The Balaban J connectivity index is 1.57. The highest BCUT2D eigenvalue weighted by Gasteiger charge is 2.17. The molecule has 4 rings (SSSR count). The van der Waals surface area contributed by atoms with Crippen LogP contribution in [0.5, 0.6) is 0 Å². The van der Waals surface area contributed by atoms with E-state index in [-0.39, 0.29) is 29.3 Å². The first kappa shape index (κ1) is 19.4. The lowest BCUT2D eigenvalue weighted by Crippen LogP contribution is -2.10. The summed E-state index contributed by atoms with van der Waals surface area (Å²) in [5, 5.41) is 10.8. The maximum Gasteiger partial charge on any atom is 0.441 e. The van der Waals surface area contributed by atoms with Gasteiger partial charge in [-0.2, -0.15) is 5.10 Å². The third-order valence-electron chi connectivity index (χ3n) is 4.45. The normalized spacial score (nSPS) is 11.1. The molecule has 4 aromatic rings. The number of hydrogen-bond donors (Lipinski definition) is 1. The minimum Gasteiger partial charge on any atom is -0.379 e. The first-order chi connectivity index (χ1) is 14.5. The Hall–Kier alpha value is -3.89. The molecule has 154 valence electrons. The molecule has 0 saturated heterocycles. The number of hydrogen-bond acceptors (Lipinski definition) is 6. The maximum atomic E-state index is 13.7. The van der Waals surface area contributed by atoms with Crippen molar-refractivity contribution < 1.29 is 17.7 Å². The van der Waals surface area contributed by atoms with Gasteiger partial charge in [-0.3, -0.25) is 9.09 Å². The van der Waals surface area contributed by atoms with Crippen molar-refractivity contribution in [3.05, 3.63) is 76.0 Å². The minimum atomic E-state index is -0.826. The van der Waals surface area contributed by atoms with E-state index < -0.39 is 24.1 Å². The largest absolute Gasteiger partial charge is 0.441 e. The Labute approximate surface area is 167 Å². The minimum absolute atomic E-state index is 0.0681. The van der Waals surface area contributed by atoms with Gasteiger partial charge in [0.15, 0.2) is 5.82 Å². The fourth-order valence-corrected chi connectivity index (χ4v) is 2.84. The van der Waals surface area contributed by atoms with Crippen LogP contribution in [0.4, 0.5) is 18.9 Å². The highest BCUT2D eigenvalue weighted by Crippen LogP contribution is 2.20. The molecule has 0 aliphatic rings. The zero-order valence-corrected chi connectivity index (χ0v) is 15.6. The number of alkyl halides is 1. The van der Waals surface area contributed by atoms with Crippen molar-refractivity contribution in [2.45, 2.75) is 13.2 Å². The first-order valence-corrected chi connectivity index (χ1v) is 8.79. The summed E-state index contributed by atoms with van der Waals surface area (Å²) in [4.78, 5) is 15.7. The topological polar surface area (TPSA) is 90.8 Å². The van der Waals surface area contributed by atoms with Crippen LogP contribution in [0.1, 0.15) is 11.3 Å². The predicted octanol–water partition coefficient (Wildman–Crippen LogP) is 2.98. The summed E-state index contributed by atoms with van der Waals surface area (Å²) >= 11 is 0. The van der Waals surface area contributed by atoms with Crippen LogP contribution in [0.15, 0.2) is 51.9 Å². The molecule has 0 unspecified atom stereocenters. The van der Waals surface area contributed by atoms with E-state index in [0.29, 0.717) is 11.5 Å². The second-order valence-corrected chi connectivity index (χ2v) is 6.36. The van der Waals surface area contributed by atoms with Crippen molar-refractivity contribution in [2.75, 3.05) is 5.32 Å². The summed E-state index contributed by atoms with van der Waals surface area (Å²) in [6.07, 6.45) is 1.43. The van der Waals surface area contributed by atoms with E-state index in [9.17, 15) is 18.0 Å². The summed E-state index contributed by atoms with van der Waals surface area (Å²) in [5.74, 6) is -1.50. The van der Waals surface area contributed by atoms with Crippen LogP contribution < -0.4 is 11.1 Å². The number of pyridine rings is 1. The van der Waals surface area contributed by atoms with Gasteiger partial charge < -0.3 is 5.32 Å². The molecule has 3 aromatic heterocycles. The van der Waals surface area contributed by atoms with Gasteiger partial charge in [0.2, 0.25) is 5.82 Å². The average Bonchev–Trinajstić information content (AvgIpc) is 3.31. The molecular weight excluding hydrogens is 401 g/mol. The van der Waals surface area contributed by atoms with Gasteiger partial charge >= 0.3 is 5.76 Å². The highest BCUT2D eigenvalue weighted by atomic mass is 19.1. The third-order valence-corrected chi connectivity index (χ3v) is 4.45. The Morgan fingerprint density at radius 3 is 2.53 bits per heavy atom. The van der Waals surface area contributed by atoms with E-state index in [0.717, 1.165) is 4.57 Å². The molecular formula is C19H15F3N6O2. The van der Waals surface area contributed by atoms with Gasteiger partial charge in [0, 0.05) is 19.2 Å². The van der Waals surface area contributed by atoms with Crippen LogP contribution in [0.25, 0.3) is 17.3 Å². The maximum absolute atomic E-state index is 13.7. The van der Waals surface area contributed by atoms with Gasteiger partial charge in [-0.1, -0.05) is 11.2 Å². The van der Waals surface area contributed by atoms with Crippen molar-refractivity contribution in [3.63, 3.8) is 0 Å². The number of nitrogens with one attached hydrogen (secondary N) is 1. The van der Waals surface area contributed by atoms with Gasteiger partial charge in [0.1, 0.15) is 24.0 Å². The van der Waals surface area contributed by atoms with Gasteiger partial charge in [0.05, 0.1) is 17.6 Å². The van der Waals surface area contributed by atoms with Crippen molar-refractivity contribution in [2.24, 2.45) is 7.05 Å². The van der Waals surface area contributed by atoms with Crippen LogP contribution in [0.3, 0.4) is 0 Å². The van der Waals surface area contributed by atoms with Gasteiger partial charge in [-0.05, 0) is 30.3 Å². The number of anilines is 1. The van der Waals surface area contributed by atoms with E-state index in [1.54, 1.807) is 12.1 Å². The molecule has 1 N–H and O–H groups in total. The summed E-state index contributed by atoms with van der Waals surface area (Å²) < 4.78 is 47.9. The molecule has 0 atom stereocenters. The van der Waals surface area contributed by atoms with E-state index in [1.807, 2.05) is 0 Å². The van der Waals surface area contributed by atoms with Gasteiger partial charge in [-0.25, -0.2) is 27.6 Å². The smallest absolute Gasteiger partial charge is 0.379 e. The number of rotatable bonds is 6. The molecule has 11 heteroatoms. The van der Waals surface area contributed by atoms with Crippen LogP contribution in [0, 0.1) is 11.6 Å². The molecule has 0 aliphatic carbocycles. The quantitative estimate of drug-likeness (QED) is 0.520. The van der Waals surface area contributed by atoms with E-state index in [4.69, 9.17) is 0 Å². The van der Waals surface area contributed by atoms with E-state index in [1.165, 1.54) is 42.2 Å². The predicted molar refractivity (Wildman–Crippen MR) is 101 cm³/mol. The molecule has 0 fully saturated rings. The van der Waals surface area contributed by atoms with Crippen molar-refractivity contribution in [3.8, 4) is 17.3 Å². The van der Waals surface area contributed by atoms with Crippen molar-refractivity contribution in [1.29, 1.82) is 0 Å². The molecule has 0 spiro atoms. The fourth-order valence-electron chi connectivity index (χ4n) is 2.84. The average molecular weight is 416 g/mol. The number of nitrogens with zero attached hydrogens (tertiary/aromatic N) is 5. The Bertz CT molecular complexity index is 1230. The summed E-state index contributed by atoms with van der Waals surface area (Å²) in [6, 6.07) is 8.28. The highest BCUT2D eigenvalue weighted by molar-refractivity contribution is 5.51. The summed E-state index contributed by atoms with van der Waals surface area (Å²) in [6.45, 7) is -0.894. The van der Waals surface area contributed by atoms with Crippen LogP contribution in [-0.2, 0) is 20.3 Å². The Morgan fingerprint density at radius 1 is 1.17 bits per heavy atom. The van der Waals surface area contributed by atoms with Gasteiger partial charge in [-0.15, -0.1) is 0 Å². The SMILES string of the molecule is Cn1c(-c2cc(CF)n(-c3ccc(NCc4c(F)cccc4F)cn3)n2)noc1=O. The number of benzene rings is 1. The van der Waals surface area contributed by atoms with E-state index in [2.05, 4.69) is 25.1 Å². The van der Waals surface area contributed by atoms with Crippen molar-refractivity contribution >= 4 is 5.69 Å². The van der Waals surface area contributed by atoms with E-state index >= 15 is 0 Å². The molecule has 3 heterocycles. The Kier molecular flexibility index (Phi) is 5.09. The van der Waals surface area contributed by atoms with Crippen LogP contribution in [0.2, 0.25) is 0 Å². The lowest BCUT2D eigenvalue weighted by Gasteiger charge is -2.09. The molecule has 30 heavy (non-hydrogen) atoms. The molecule has 0 radical (unpaired) electrons. The molecule has 0 saturated carbocycles. The summed E-state index contributed by atoms with van der Waals surface area (Å²) in [5.41, 5.74) is 0.864. The molecule has 0 amide bonds. The second-order valence-electron chi connectivity index (χ2n) is 6.36. The molecule has 1 aromatic carbocycles. The second kappa shape index (κ2) is 7.85. The lowest BCUT2D eigenvalue weighted by molar-refractivity contribution is 0.380. The van der Waals surface area contributed by atoms with Crippen LogP contribution >= 0.6 is 0 Å². The third kappa shape index (κ3) is 3.56. The van der Waals surface area contributed by atoms with Gasteiger partial charge in [0.25, 0.3) is 0 Å². The standard InChI is InChI=1S/C19H15F3N6O2/c1-27-18(26-30-19(27)29)16-7-12(8-20)28(25-16)17-6-5-11(9-24-17)23-10-13-14(21)3-2-4-15(13)22/h2-7,9,23H,8,10H2,1H3. The van der Waals surface area contributed by atoms with Crippen LogP contribution in [-0.4, -0.2) is 24.5 Å². The number of aromatic nitrogens is 5. The first-order valence-electron chi connectivity index (χ1n) is 8.79. The summed E-state index contributed by atoms with van der Waals surface area (Å²) in [7, 11) is 1.46. The number of halogens is 3. The fraction of sp³-hybridized carbons (Fsp3) is 0.158. The Morgan fingerprint density at radius 2 is 1.93 bits per heavy atom. The molecule has 8 nitrogen and oxygen atoms in total. The van der Waals surface area contributed by atoms with Crippen molar-refractivity contribution in [1.82, 2.24) is 24.5 Å². The lowest BCUT2D eigenvalue weighted by atomic mass is 10.2. The zero-order chi connectivity index (χ0) is 21.3.